The molecule has 0 spiro atoms. The molecule has 0 bridgehead atoms. The zero-order chi connectivity index (χ0) is 52.9. The predicted molar refractivity (Wildman–Crippen MR) is 316 cm³/mol. The second-order valence-corrected chi connectivity index (χ2v) is 20.2. The smallest absolute Gasteiger partial charge is 0.306 e. The van der Waals surface area contributed by atoms with Gasteiger partial charge in [-0.25, -0.2) is 0 Å². The van der Waals surface area contributed by atoms with Crippen LogP contribution in [0.2, 0.25) is 0 Å². The van der Waals surface area contributed by atoms with E-state index in [1.807, 2.05) is 0 Å². The van der Waals surface area contributed by atoms with E-state index in [1.54, 1.807) is 0 Å². The first-order chi connectivity index (χ1) is 36.0. The number of carbonyl (C=O) groups is 3. The van der Waals surface area contributed by atoms with Gasteiger partial charge < -0.3 is 14.2 Å². The first-order valence-corrected chi connectivity index (χ1v) is 30.7. The van der Waals surface area contributed by atoms with E-state index in [2.05, 4.69) is 118 Å². The minimum absolute atomic E-state index is 0.0811. The maximum Gasteiger partial charge on any atom is 0.306 e. The van der Waals surface area contributed by atoms with Gasteiger partial charge in [0.15, 0.2) is 6.10 Å². The third-order valence-corrected chi connectivity index (χ3v) is 13.1. The van der Waals surface area contributed by atoms with E-state index in [4.69, 9.17) is 14.2 Å². The molecule has 6 heteroatoms. The standard InChI is InChI=1S/C67H114O6/c1-4-7-10-13-16-18-20-22-24-26-27-28-29-30-31-32-33-34-35-36-37-38-39-40-41-42-44-45-47-49-51-54-57-60-66(69)72-63-64(62-71-65(68)59-56-53-15-12-9-6-3)73-67(70)61-58-55-52-50-48-46-43-25-23-21-19-17-14-11-8-5-2/h7,10,16,18-19,21-22,24-25,27-28,30-31,33-34,43,64H,4-6,8-9,11-15,17,20,23,26,29,32,35-42,44-63H2,1-3H3/b10-7-,18-16-,21-19-,24-22-,28-27-,31-30-,34-33-,43-25-. The molecule has 0 aromatic heterocycles. The van der Waals surface area contributed by atoms with Crippen molar-refractivity contribution in [2.75, 3.05) is 13.2 Å². The zero-order valence-corrected chi connectivity index (χ0v) is 47.9. The van der Waals surface area contributed by atoms with Gasteiger partial charge in [0, 0.05) is 19.3 Å². The van der Waals surface area contributed by atoms with Crippen LogP contribution in [0.5, 0.6) is 0 Å². The molecular weight excluding hydrogens is 901 g/mol. The van der Waals surface area contributed by atoms with E-state index in [1.165, 1.54) is 128 Å². The van der Waals surface area contributed by atoms with Crippen molar-refractivity contribution in [3.63, 3.8) is 0 Å². The molecule has 0 amide bonds. The normalized spacial score (nSPS) is 12.8. The summed E-state index contributed by atoms with van der Waals surface area (Å²) in [4.78, 5) is 37.9. The molecule has 0 saturated carbocycles. The van der Waals surface area contributed by atoms with Crippen LogP contribution in [0.1, 0.15) is 290 Å². The maximum atomic E-state index is 12.8. The molecule has 0 aliphatic carbocycles. The Kier molecular flexibility index (Phi) is 57.8. The fourth-order valence-corrected chi connectivity index (χ4v) is 8.48. The summed E-state index contributed by atoms with van der Waals surface area (Å²) in [7, 11) is 0. The van der Waals surface area contributed by atoms with Crippen molar-refractivity contribution < 1.29 is 28.6 Å². The molecular formula is C67H114O6. The van der Waals surface area contributed by atoms with E-state index in [0.717, 1.165) is 122 Å². The van der Waals surface area contributed by atoms with Crippen LogP contribution in [0.25, 0.3) is 0 Å². The number of hydrogen-bond acceptors (Lipinski definition) is 6. The minimum atomic E-state index is -0.780. The van der Waals surface area contributed by atoms with E-state index in [0.29, 0.717) is 19.3 Å². The first kappa shape index (κ1) is 69.3. The second kappa shape index (κ2) is 60.9. The molecule has 0 saturated heterocycles. The topological polar surface area (TPSA) is 78.9 Å². The fraction of sp³-hybridized carbons (Fsp3) is 0.716. The van der Waals surface area contributed by atoms with E-state index in [9.17, 15) is 14.4 Å². The molecule has 0 heterocycles. The van der Waals surface area contributed by atoms with Crippen molar-refractivity contribution in [2.24, 2.45) is 0 Å². The van der Waals surface area contributed by atoms with Gasteiger partial charge in [-0.05, 0) is 103 Å². The Morgan fingerprint density at radius 1 is 0.288 bits per heavy atom. The van der Waals surface area contributed by atoms with Gasteiger partial charge in [-0.3, -0.25) is 14.4 Å². The van der Waals surface area contributed by atoms with Crippen LogP contribution < -0.4 is 0 Å². The molecule has 6 nitrogen and oxygen atoms in total. The Bertz CT molecular complexity index is 1440. The van der Waals surface area contributed by atoms with Crippen molar-refractivity contribution in [1.29, 1.82) is 0 Å². The molecule has 0 aliphatic rings. The van der Waals surface area contributed by atoms with Crippen molar-refractivity contribution in [3.8, 4) is 0 Å². The Hall–Kier alpha value is -3.67. The van der Waals surface area contributed by atoms with Crippen LogP contribution in [0.4, 0.5) is 0 Å². The average molecular weight is 1020 g/mol. The number of hydrogen-bond donors (Lipinski definition) is 0. The van der Waals surface area contributed by atoms with Crippen molar-refractivity contribution in [3.05, 3.63) is 97.2 Å². The van der Waals surface area contributed by atoms with Gasteiger partial charge in [-0.2, -0.15) is 0 Å². The number of rotatable bonds is 55. The molecule has 0 fully saturated rings. The van der Waals surface area contributed by atoms with Gasteiger partial charge >= 0.3 is 17.9 Å². The first-order valence-electron chi connectivity index (χ1n) is 30.7. The van der Waals surface area contributed by atoms with E-state index in [-0.39, 0.29) is 31.1 Å². The number of ether oxygens (including phenoxy) is 3. The summed E-state index contributed by atoms with van der Waals surface area (Å²) in [6, 6.07) is 0. The third-order valence-electron chi connectivity index (χ3n) is 13.1. The van der Waals surface area contributed by atoms with Crippen LogP contribution in [-0.2, 0) is 28.6 Å². The Balaban J connectivity index is 4.03. The highest BCUT2D eigenvalue weighted by Gasteiger charge is 2.19. The summed E-state index contributed by atoms with van der Waals surface area (Å²) in [6.45, 7) is 6.45. The van der Waals surface area contributed by atoms with E-state index >= 15 is 0 Å². The molecule has 0 aliphatic heterocycles. The lowest BCUT2D eigenvalue weighted by Crippen LogP contribution is -2.30. The fourth-order valence-electron chi connectivity index (χ4n) is 8.48. The van der Waals surface area contributed by atoms with Crippen molar-refractivity contribution >= 4 is 17.9 Å². The Morgan fingerprint density at radius 3 is 0.849 bits per heavy atom. The highest BCUT2D eigenvalue weighted by molar-refractivity contribution is 5.71. The number of esters is 3. The molecule has 0 aromatic carbocycles. The summed E-state index contributed by atoms with van der Waals surface area (Å²) in [5.41, 5.74) is 0. The van der Waals surface area contributed by atoms with Gasteiger partial charge in [0.25, 0.3) is 0 Å². The molecule has 418 valence electrons. The van der Waals surface area contributed by atoms with Crippen LogP contribution in [0.3, 0.4) is 0 Å². The maximum absolute atomic E-state index is 12.8. The van der Waals surface area contributed by atoms with Crippen LogP contribution in [-0.4, -0.2) is 37.2 Å². The molecule has 0 N–H and O–H groups in total. The van der Waals surface area contributed by atoms with Crippen molar-refractivity contribution in [1.82, 2.24) is 0 Å². The quantitative estimate of drug-likeness (QED) is 0.0261. The Labute approximate surface area is 451 Å². The van der Waals surface area contributed by atoms with Crippen LogP contribution in [0.15, 0.2) is 97.2 Å². The lowest BCUT2D eigenvalue weighted by atomic mass is 10.0. The minimum Gasteiger partial charge on any atom is -0.462 e. The molecule has 0 radical (unpaired) electrons. The lowest BCUT2D eigenvalue weighted by Gasteiger charge is -2.18. The SMILES string of the molecule is CC/C=C\C/C=C\C/C=C\C/C=C\C/C=C\C/C=C\CCCCCCCCCCCCCCCCC(=O)OCC(COC(=O)CCCCCCCC)OC(=O)CCCCCCC/C=C\C/C=C\CCCCCC. The van der Waals surface area contributed by atoms with Crippen LogP contribution >= 0.6 is 0 Å². The summed E-state index contributed by atoms with van der Waals surface area (Å²) >= 11 is 0. The summed E-state index contributed by atoms with van der Waals surface area (Å²) in [6.07, 6.45) is 81.6. The van der Waals surface area contributed by atoms with E-state index < -0.39 is 6.10 Å². The predicted octanol–water partition coefficient (Wildman–Crippen LogP) is 20.9. The largest absolute Gasteiger partial charge is 0.462 e. The van der Waals surface area contributed by atoms with Gasteiger partial charge in [0.2, 0.25) is 0 Å². The van der Waals surface area contributed by atoms with Gasteiger partial charge in [0.1, 0.15) is 13.2 Å². The highest BCUT2D eigenvalue weighted by atomic mass is 16.6. The number of carbonyl (C=O) groups excluding carboxylic acids is 3. The second-order valence-electron chi connectivity index (χ2n) is 20.2. The summed E-state index contributed by atoms with van der Waals surface area (Å²) in [5.74, 6) is -0.899. The van der Waals surface area contributed by atoms with Gasteiger partial charge in [0.05, 0.1) is 0 Å². The molecule has 0 aromatic rings. The number of allylic oxidation sites excluding steroid dienone is 16. The third kappa shape index (κ3) is 59.1. The van der Waals surface area contributed by atoms with Crippen LogP contribution in [0, 0.1) is 0 Å². The monoisotopic (exact) mass is 1010 g/mol. The average Bonchev–Trinajstić information content (AvgIpc) is 3.39. The van der Waals surface area contributed by atoms with Crippen molar-refractivity contribution in [2.45, 2.75) is 297 Å². The molecule has 1 atom stereocenters. The Morgan fingerprint density at radius 2 is 0.534 bits per heavy atom. The lowest BCUT2D eigenvalue weighted by molar-refractivity contribution is -0.167. The summed E-state index contributed by atoms with van der Waals surface area (Å²) < 4.78 is 16.8. The zero-order valence-electron chi connectivity index (χ0n) is 47.9. The highest BCUT2D eigenvalue weighted by Crippen LogP contribution is 2.16. The molecule has 1 unspecified atom stereocenters. The number of unbranched alkanes of at least 4 members (excludes halogenated alkanes) is 28. The molecule has 73 heavy (non-hydrogen) atoms. The van der Waals surface area contributed by atoms with Gasteiger partial charge in [-0.15, -0.1) is 0 Å². The molecule has 0 rings (SSSR count). The van der Waals surface area contributed by atoms with Gasteiger partial charge in [-0.1, -0.05) is 266 Å². The summed E-state index contributed by atoms with van der Waals surface area (Å²) in [5, 5.41) is 0.